The number of anilines is 2. The Morgan fingerprint density at radius 1 is 1.28 bits per heavy atom. The molecule has 3 N–H and O–H groups in total. The van der Waals surface area contributed by atoms with Crippen LogP contribution in [0.5, 0.6) is 0 Å². The van der Waals surface area contributed by atoms with Gasteiger partial charge in [0.2, 0.25) is 0 Å². The highest BCUT2D eigenvalue weighted by Gasteiger charge is 2.21. The second-order valence-electron chi connectivity index (χ2n) is 3.54. The lowest BCUT2D eigenvalue weighted by atomic mass is 10.2. The molecule has 102 valence electrons. The molecule has 0 heterocycles. The molecule has 0 aliphatic heterocycles. The number of hydrogen-bond acceptors (Lipinski definition) is 3. The van der Waals surface area contributed by atoms with Crippen molar-refractivity contribution in [1.82, 2.24) is 4.31 Å². The molecule has 0 saturated heterocycles. The fourth-order valence-electron chi connectivity index (χ4n) is 1.46. The summed E-state index contributed by atoms with van der Waals surface area (Å²) >= 11 is 0. The Morgan fingerprint density at radius 2 is 1.83 bits per heavy atom. The lowest BCUT2D eigenvalue weighted by Gasteiger charge is -2.20. The van der Waals surface area contributed by atoms with E-state index in [0.717, 1.165) is 10.4 Å². The quantitative estimate of drug-likeness (QED) is 0.803. The maximum atomic E-state index is 13.4. The summed E-state index contributed by atoms with van der Waals surface area (Å²) < 4.78 is 53.1. The summed E-state index contributed by atoms with van der Waals surface area (Å²) in [5, 5.41) is 0. The van der Waals surface area contributed by atoms with Gasteiger partial charge in [-0.15, -0.1) is 0 Å². The summed E-state index contributed by atoms with van der Waals surface area (Å²) in [5.74, 6) is -1.92. The molecule has 0 saturated carbocycles. The molecule has 0 radical (unpaired) electrons. The third-order valence-corrected chi connectivity index (χ3v) is 4.02. The molecule has 8 heteroatoms. The average molecular weight is 279 g/mol. The lowest BCUT2D eigenvalue weighted by molar-refractivity contribution is 0.449. The molecule has 1 aromatic carbocycles. The molecule has 0 fully saturated rings. The zero-order valence-electron chi connectivity index (χ0n) is 10.1. The van der Waals surface area contributed by atoms with Crippen LogP contribution in [-0.4, -0.2) is 25.8 Å². The Balaban J connectivity index is 3.12. The zero-order chi connectivity index (χ0) is 13.9. The first-order chi connectivity index (χ1) is 8.31. The van der Waals surface area contributed by atoms with E-state index in [1.165, 1.54) is 0 Å². The molecule has 0 amide bonds. The highest BCUT2D eigenvalue weighted by Crippen LogP contribution is 2.25. The van der Waals surface area contributed by atoms with E-state index in [0.29, 0.717) is 6.07 Å². The van der Waals surface area contributed by atoms with Crippen LogP contribution in [0.15, 0.2) is 12.1 Å². The van der Waals surface area contributed by atoms with Crippen LogP contribution < -0.4 is 10.5 Å². The van der Waals surface area contributed by atoms with Gasteiger partial charge in [-0.3, -0.25) is 4.72 Å². The van der Waals surface area contributed by atoms with Crippen LogP contribution in [0, 0.1) is 11.6 Å². The molecule has 0 atom stereocenters. The minimum absolute atomic E-state index is 0.231. The fourth-order valence-corrected chi connectivity index (χ4v) is 2.74. The Hall–Kier alpha value is -1.41. The summed E-state index contributed by atoms with van der Waals surface area (Å²) in [5.41, 5.74) is 4.64. The Morgan fingerprint density at radius 3 is 2.28 bits per heavy atom. The van der Waals surface area contributed by atoms with Crippen molar-refractivity contribution in [3.05, 3.63) is 23.8 Å². The smallest absolute Gasteiger partial charge is 0.301 e. The predicted molar refractivity (Wildman–Crippen MR) is 66.2 cm³/mol. The van der Waals surface area contributed by atoms with E-state index < -0.39 is 27.5 Å². The van der Waals surface area contributed by atoms with Gasteiger partial charge in [-0.05, 0) is 6.07 Å². The van der Waals surface area contributed by atoms with Gasteiger partial charge < -0.3 is 5.73 Å². The summed E-state index contributed by atoms with van der Waals surface area (Å²) in [7, 11) is -3.89. The monoisotopic (exact) mass is 279 g/mol. The van der Waals surface area contributed by atoms with Crippen molar-refractivity contribution in [1.29, 1.82) is 0 Å². The molecule has 0 aliphatic rings. The van der Waals surface area contributed by atoms with Gasteiger partial charge in [-0.25, -0.2) is 8.78 Å². The van der Waals surface area contributed by atoms with Crippen molar-refractivity contribution in [2.75, 3.05) is 23.5 Å². The number of benzene rings is 1. The minimum atomic E-state index is -3.89. The largest absolute Gasteiger partial charge is 0.397 e. The van der Waals surface area contributed by atoms with E-state index >= 15 is 0 Å². The van der Waals surface area contributed by atoms with Crippen LogP contribution in [0.2, 0.25) is 0 Å². The molecule has 18 heavy (non-hydrogen) atoms. The molecule has 0 bridgehead atoms. The second-order valence-corrected chi connectivity index (χ2v) is 5.21. The molecule has 5 nitrogen and oxygen atoms in total. The van der Waals surface area contributed by atoms with Gasteiger partial charge in [-0.2, -0.15) is 12.7 Å². The topological polar surface area (TPSA) is 75.4 Å². The minimum Gasteiger partial charge on any atom is -0.397 e. The maximum absolute atomic E-state index is 13.4. The molecule has 1 aromatic rings. The van der Waals surface area contributed by atoms with Crippen molar-refractivity contribution in [3.63, 3.8) is 0 Å². The van der Waals surface area contributed by atoms with E-state index in [4.69, 9.17) is 5.73 Å². The number of nitrogens with one attached hydrogen (secondary N) is 1. The van der Waals surface area contributed by atoms with Crippen molar-refractivity contribution >= 4 is 21.6 Å². The predicted octanol–water partition coefficient (Wildman–Crippen LogP) is 1.55. The summed E-state index contributed by atoms with van der Waals surface area (Å²) in [6.45, 7) is 3.75. The van der Waals surface area contributed by atoms with Gasteiger partial charge in [0.1, 0.15) is 11.5 Å². The number of rotatable bonds is 5. The van der Waals surface area contributed by atoms with Crippen LogP contribution in [0.3, 0.4) is 0 Å². The molecule has 0 unspecified atom stereocenters. The molecular formula is C10H15F2N3O2S. The summed E-state index contributed by atoms with van der Waals surface area (Å²) in [6.07, 6.45) is 0. The van der Waals surface area contributed by atoms with Crippen molar-refractivity contribution in [2.24, 2.45) is 0 Å². The first-order valence-electron chi connectivity index (χ1n) is 5.34. The molecule has 0 spiro atoms. The number of hydrogen-bond donors (Lipinski definition) is 2. The van der Waals surface area contributed by atoms with Crippen molar-refractivity contribution in [3.8, 4) is 0 Å². The second kappa shape index (κ2) is 5.49. The molecule has 0 aliphatic carbocycles. The highest BCUT2D eigenvalue weighted by atomic mass is 32.2. The van der Waals surface area contributed by atoms with Gasteiger partial charge in [0.15, 0.2) is 5.82 Å². The first kappa shape index (κ1) is 14.7. The SMILES string of the molecule is CCN(CC)S(=O)(=O)Nc1c(N)cc(F)cc1F. The van der Waals surface area contributed by atoms with E-state index in [1.807, 2.05) is 4.72 Å². The van der Waals surface area contributed by atoms with Crippen molar-refractivity contribution < 1.29 is 17.2 Å². The van der Waals surface area contributed by atoms with Crippen LogP contribution in [0.1, 0.15) is 13.8 Å². The number of nitrogens with zero attached hydrogens (tertiary/aromatic N) is 1. The lowest BCUT2D eigenvalue weighted by Crippen LogP contribution is -2.36. The summed E-state index contributed by atoms with van der Waals surface area (Å²) in [4.78, 5) is 0. The first-order valence-corrected chi connectivity index (χ1v) is 6.78. The van der Waals surface area contributed by atoms with Gasteiger partial charge in [-0.1, -0.05) is 13.8 Å². The average Bonchev–Trinajstić information content (AvgIpc) is 2.24. The number of nitrogens with two attached hydrogens (primary N) is 1. The van der Waals surface area contributed by atoms with Gasteiger partial charge >= 0.3 is 10.2 Å². The van der Waals surface area contributed by atoms with Gasteiger partial charge in [0.05, 0.1) is 5.69 Å². The number of halogens is 2. The number of nitrogen functional groups attached to an aromatic ring is 1. The van der Waals surface area contributed by atoms with Crippen LogP contribution in [0.4, 0.5) is 20.2 Å². The Bertz CT molecular complexity index is 507. The summed E-state index contributed by atoms with van der Waals surface area (Å²) in [6, 6.07) is 1.42. The highest BCUT2D eigenvalue weighted by molar-refractivity contribution is 7.90. The van der Waals surface area contributed by atoms with Gasteiger partial charge in [0, 0.05) is 19.2 Å². The van der Waals surface area contributed by atoms with E-state index in [-0.39, 0.29) is 18.8 Å². The van der Waals surface area contributed by atoms with Gasteiger partial charge in [0.25, 0.3) is 0 Å². The van der Waals surface area contributed by atoms with E-state index in [2.05, 4.69) is 0 Å². The van der Waals surface area contributed by atoms with Crippen molar-refractivity contribution in [2.45, 2.75) is 13.8 Å². The zero-order valence-corrected chi connectivity index (χ0v) is 10.9. The van der Waals surface area contributed by atoms with E-state index in [1.54, 1.807) is 13.8 Å². The fraction of sp³-hybridized carbons (Fsp3) is 0.400. The molecule has 1 rings (SSSR count). The molecule has 0 aromatic heterocycles. The molecular weight excluding hydrogens is 264 g/mol. The third-order valence-electron chi connectivity index (χ3n) is 2.36. The normalized spacial score (nSPS) is 11.8. The Kier molecular flexibility index (Phi) is 4.47. The van der Waals surface area contributed by atoms with Crippen LogP contribution in [0.25, 0.3) is 0 Å². The Labute approximate surface area is 105 Å². The van der Waals surface area contributed by atoms with Crippen LogP contribution >= 0.6 is 0 Å². The van der Waals surface area contributed by atoms with E-state index in [9.17, 15) is 17.2 Å². The van der Waals surface area contributed by atoms with Crippen LogP contribution in [-0.2, 0) is 10.2 Å². The standard InChI is InChI=1S/C10H15F2N3O2S/c1-3-15(4-2)18(16,17)14-10-8(12)5-7(11)6-9(10)13/h5-6,14H,3-4,13H2,1-2H3. The maximum Gasteiger partial charge on any atom is 0.301 e. The third kappa shape index (κ3) is 3.08.